The molecule has 1 aromatic heterocycles. The summed E-state index contributed by atoms with van der Waals surface area (Å²) in [4.78, 5) is 0. The molecule has 0 atom stereocenters. The van der Waals surface area contributed by atoms with E-state index < -0.39 is 17.3 Å². The Bertz CT molecular complexity index is 374. The molecule has 0 bridgehead atoms. The fraction of sp³-hybridized carbons (Fsp3) is 0.667. The second-order valence-corrected chi connectivity index (χ2v) is 4.74. The monoisotopic (exact) mass is 240 g/mol. The van der Waals surface area contributed by atoms with Crippen LogP contribution in [0.25, 0.3) is 0 Å². The van der Waals surface area contributed by atoms with Crippen molar-refractivity contribution in [1.82, 2.24) is 9.78 Å². The molecule has 15 heavy (non-hydrogen) atoms. The van der Waals surface area contributed by atoms with E-state index in [1.165, 1.54) is 7.05 Å². The van der Waals surface area contributed by atoms with Crippen LogP contribution in [0.3, 0.4) is 0 Å². The van der Waals surface area contributed by atoms with Crippen LogP contribution >= 0.6 is 11.6 Å². The Kier molecular flexibility index (Phi) is 2.80. The molecule has 0 amide bonds. The van der Waals surface area contributed by atoms with Crippen molar-refractivity contribution in [2.45, 2.75) is 32.4 Å². The Morgan fingerprint density at radius 1 is 1.20 bits per heavy atom. The lowest BCUT2D eigenvalue weighted by Crippen LogP contribution is -2.18. The van der Waals surface area contributed by atoms with E-state index in [4.69, 9.17) is 11.6 Å². The summed E-state index contributed by atoms with van der Waals surface area (Å²) in [5.74, 6) is 0. The highest BCUT2D eigenvalue weighted by Crippen LogP contribution is 2.40. The van der Waals surface area contributed by atoms with Crippen molar-refractivity contribution >= 4 is 11.6 Å². The average Bonchev–Trinajstić information content (AvgIpc) is 2.25. The van der Waals surface area contributed by atoms with Crippen LogP contribution in [0.15, 0.2) is 0 Å². The molecule has 0 spiro atoms. The predicted octanol–water partition coefficient (Wildman–Crippen LogP) is 3.39. The Hall–Kier alpha value is -0.710. The van der Waals surface area contributed by atoms with E-state index in [1.54, 1.807) is 20.8 Å². The molecule has 1 rings (SSSR count). The fourth-order valence-electron chi connectivity index (χ4n) is 1.37. The van der Waals surface area contributed by atoms with Crippen molar-refractivity contribution < 1.29 is 13.2 Å². The van der Waals surface area contributed by atoms with E-state index in [0.717, 1.165) is 4.68 Å². The first-order chi connectivity index (χ1) is 6.55. The zero-order valence-electron chi connectivity index (χ0n) is 8.91. The molecular formula is C9H12ClF3N2. The van der Waals surface area contributed by atoms with Crippen LogP contribution in [0.2, 0.25) is 5.15 Å². The first-order valence-electron chi connectivity index (χ1n) is 4.35. The third-order valence-electron chi connectivity index (χ3n) is 2.00. The number of nitrogens with zero attached hydrogens (tertiary/aromatic N) is 2. The van der Waals surface area contributed by atoms with Gasteiger partial charge in [-0.05, 0) is 5.41 Å². The summed E-state index contributed by atoms with van der Waals surface area (Å²) in [5, 5.41) is 3.44. The van der Waals surface area contributed by atoms with Gasteiger partial charge in [-0.1, -0.05) is 32.4 Å². The van der Waals surface area contributed by atoms with Crippen LogP contribution in [0.1, 0.15) is 32.0 Å². The Balaban J connectivity index is 3.48. The van der Waals surface area contributed by atoms with E-state index in [0.29, 0.717) is 0 Å². The molecule has 0 N–H and O–H groups in total. The van der Waals surface area contributed by atoms with E-state index in [2.05, 4.69) is 5.10 Å². The van der Waals surface area contributed by atoms with Gasteiger partial charge in [0.25, 0.3) is 0 Å². The number of aromatic nitrogens is 2. The molecular weight excluding hydrogens is 229 g/mol. The Morgan fingerprint density at radius 3 is 1.93 bits per heavy atom. The van der Waals surface area contributed by atoms with Crippen molar-refractivity contribution in [2.24, 2.45) is 7.05 Å². The fourth-order valence-corrected chi connectivity index (χ4v) is 1.78. The van der Waals surface area contributed by atoms with Gasteiger partial charge in [0, 0.05) is 12.6 Å². The number of halogens is 4. The van der Waals surface area contributed by atoms with Gasteiger partial charge in [-0.2, -0.15) is 18.3 Å². The highest BCUT2D eigenvalue weighted by molar-refractivity contribution is 6.30. The first-order valence-corrected chi connectivity index (χ1v) is 4.73. The van der Waals surface area contributed by atoms with Gasteiger partial charge in [0.1, 0.15) is 5.15 Å². The number of aryl methyl sites for hydroxylation is 1. The molecule has 0 unspecified atom stereocenters. The highest BCUT2D eigenvalue weighted by Gasteiger charge is 2.41. The summed E-state index contributed by atoms with van der Waals surface area (Å²) in [5.41, 5.74) is -1.54. The molecule has 2 nitrogen and oxygen atoms in total. The summed E-state index contributed by atoms with van der Waals surface area (Å²) in [7, 11) is 1.40. The summed E-state index contributed by atoms with van der Waals surface area (Å²) >= 11 is 5.81. The molecule has 0 aromatic carbocycles. The number of rotatable bonds is 0. The minimum Gasteiger partial charge on any atom is -0.256 e. The summed E-state index contributed by atoms with van der Waals surface area (Å²) in [6, 6.07) is 0. The zero-order chi connectivity index (χ0) is 12.0. The molecule has 0 aliphatic rings. The van der Waals surface area contributed by atoms with Gasteiger partial charge in [-0.25, -0.2) is 0 Å². The molecule has 1 heterocycles. The second kappa shape index (κ2) is 3.40. The number of hydrogen-bond acceptors (Lipinski definition) is 1. The minimum absolute atomic E-state index is 0.0369. The summed E-state index contributed by atoms with van der Waals surface area (Å²) in [6.45, 7) is 5.02. The van der Waals surface area contributed by atoms with Crippen molar-refractivity contribution in [1.29, 1.82) is 0 Å². The zero-order valence-corrected chi connectivity index (χ0v) is 9.66. The molecule has 0 aliphatic carbocycles. The molecule has 1 aromatic rings. The summed E-state index contributed by atoms with van der Waals surface area (Å²) in [6.07, 6.45) is -4.46. The van der Waals surface area contributed by atoms with E-state index in [1.807, 2.05) is 0 Å². The van der Waals surface area contributed by atoms with Gasteiger partial charge in [-0.15, -0.1) is 0 Å². The smallest absolute Gasteiger partial charge is 0.256 e. The van der Waals surface area contributed by atoms with E-state index in [9.17, 15) is 13.2 Å². The van der Waals surface area contributed by atoms with Gasteiger partial charge in [0.15, 0.2) is 5.69 Å². The lowest BCUT2D eigenvalue weighted by Gasteiger charge is -2.19. The normalized spacial score (nSPS) is 13.3. The SMILES string of the molecule is Cn1nc(C(F)(F)F)c(C(C)(C)C)c1Cl. The lowest BCUT2D eigenvalue weighted by atomic mass is 9.87. The van der Waals surface area contributed by atoms with E-state index >= 15 is 0 Å². The third kappa shape index (κ3) is 2.27. The Labute approximate surface area is 91.0 Å². The molecule has 86 valence electrons. The van der Waals surface area contributed by atoms with Gasteiger partial charge >= 0.3 is 6.18 Å². The predicted molar refractivity (Wildman–Crippen MR) is 51.9 cm³/mol. The van der Waals surface area contributed by atoms with Crippen molar-refractivity contribution in [3.05, 3.63) is 16.4 Å². The van der Waals surface area contributed by atoms with Crippen molar-refractivity contribution in [3.8, 4) is 0 Å². The quantitative estimate of drug-likeness (QED) is 0.680. The molecule has 0 radical (unpaired) electrons. The maximum absolute atomic E-state index is 12.6. The largest absolute Gasteiger partial charge is 0.435 e. The molecule has 0 fully saturated rings. The average molecular weight is 241 g/mol. The van der Waals surface area contributed by atoms with E-state index in [-0.39, 0.29) is 10.7 Å². The third-order valence-corrected chi connectivity index (χ3v) is 2.43. The van der Waals surface area contributed by atoms with Crippen LogP contribution in [0.4, 0.5) is 13.2 Å². The van der Waals surface area contributed by atoms with Crippen LogP contribution in [-0.4, -0.2) is 9.78 Å². The second-order valence-electron chi connectivity index (χ2n) is 4.39. The Morgan fingerprint density at radius 2 is 1.67 bits per heavy atom. The molecule has 0 saturated carbocycles. The van der Waals surface area contributed by atoms with Crippen molar-refractivity contribution in [3.63, 3.8) is 0 Å². The molecule has 6 heteroatoms. The van der Waals surface area contributed by atoms with Gasteiger partial charge in [0.05, 0.1) is 0 Å². The highest BCUT2D eigenvalue weighted by atomic mass is 35.5. The maximum Gasteiger partial charge on any atom is 0.435 e. The summed E-state index contributed by atoms with van der Waals surface area (Å²) < 4.78 is 39.0. The first kappa shape index (κ1) is 12.4. The van der Waals surface area contributed by atoms with Gasteiger partial charge < -0.3 is 0 Å². The molecule has 0 aliphatic heterocycles. The van der Waals surface area contributed by atoms with Gasteiger partial charge in [-0.3, -0.25) is 4.68 Å². The van der Waals surface area contributed by atoms with Crippen molar-refractivity contribution in [2.75, 3.05) is 0 Å². The van der Waals surface area contributed by atoms with Crippen LogP contribution in [0.5, 0.6) is 0 Å². The topological polar surface area (TPSA) is 17.8 Å². The van der Waals surface area contributed by atoms with Gasteiger partial charge in [0.2, 0.25) is 0 Å². The maximum atomic E-state index is 12.6. The van der Waals surface area contributed by atoms with Crippen LogP contribution in [-0.2, 0) is 18.6 Å². The standard InChI is InChI=1S/C9H12ClF3N2/c1-8(2,3)5-6(9(11,12)13)14-15(4)7(5)10/h1-4H3. The van der Waals surface area contributed by atoms with Crippen LogP contribution < -0.4 is 0 Å². The number of alkyl halides is 3. The minimum atomic E-state index is -4.46. The number of hydrogen-bond donors (Lipinski definition) is 0. The van der Waals surface area contributed by atoms with Crippen LogP contribution in [0, 0.1) is 0 Å². The lowest BCUT2D eigenvalue weighted by molar-refractivity contribution is -0.142. The molecule has 0 saturated heterocycles.